The summed E-state index contributed by atoms with van der Waals surface area (Å²) in [5, 5.41) is 13.3. The van der Waals surface area contributed by atoms with Crippen molar-refractivity contribution in [3.63, 3.8) is 0 Å². The number of benzene rings is 2. The van der Waals surface area contributed by atoms with Gasteiger partial charge in [-0.15, -0.1) is 0 Å². The number of ether oxygens (including phenoxy) is 2. The number of hydrogen-bond donors (Lipinski definition) is 2. The molecule has 0 radical (unpaired) electrons. The minimum Gasteiger partial charge on any atom is -0.491 e. The van der Waals surface area contributed by atoms with Crippen LogP contribution in [0.3, 0.4) is 0 Å². The predicted molar refractivity (Wildman–Crippen MR) is 91.8 cm³/mol. The van der Waals surface area contributed by atoms with E-state index in [0.717, 1.165) is 5.56 Å². The first kappa shape index (κ1) is 18.0. The Kier molecular flexibility index (Phi) is 7.26. The van der Waals surface area contributed by atoms with Gasteiger partial charge in [0, 0.05) is 12.6 Å². The van der Waals surface area contributed by atoms with Gasteiger partial charge in [0.05, 0.1) is 13.5 Å². The SMILES string of the molecule is COC(=O)C[C@H](NC[C@H](O)COc1ccccc1)c1ccccc1. The van der Waals surface area contributed by atoms with E-state index in [2.05, 4.69) is 5.32 Å². The molecule has 0 aliphatic rings. The summed E-state index contributed by atoms with van der Waals surface area (Å²) in [6.45, 7) is 0.486. The van der Waals surface area contributed by atoms with E-state index in [-0.39, 0.29) is 25.0 Å². The zero-order valence-electron chi connectivity index (χ0n) is 13.7. The lowest BCUT2D eigenvalue weighted by molar-refractivity contribution is -0.141. The van der Waals surface area contributed by atoms with E-state index in [0.29, 0.717) is 12.3 Å². The Bertz CT molecular complexity index is 603. The average molecular weight is 329 g/mol. The van der Waals surface area contributed by atoms with Crippen LogP contribution in [-0.4, -0.2) is 37.4 Å². The number of esters is 1. The Hall–Kier alpha value is -2.37. The Morgan fingerprint density at radius 1 is 1.08 bits per heavy atom. The van der Waals surface area contributed by atoms with Crippen LogP contribution >= 0.6 is 0 Å². The molecule has 24 heavy (non-hydrogen) atoms. The zero-order valence-corrected chi connectivity index (χ0v) is 13.7. The number of rotatable bonds is 9. The number of nitrogens with one attached hydrogen (secondary N) is 1. The second kappa shape index (κ2) is 9.70. The summed E-state index contributed by atoms with van der Waals surface area (Å²) < 4.78 is 10.3. The van der Waals surface area contributed by atoms with E-state index in [9.17, 15) is 9.90 Å². The fourth-order valence-corrected chi connectivity index (χ4v) is 2.29. The molecule has 2 atom stereocenters. The van der Waals surface area contributed by atoms with E-state index >= 15 is 0 Å². The molecule has 0 aromatic heterocycles. The molecule has 0 amide bonds. The smallest absolute Gasteiger partial charge is 0.307 e. The Balaban J connectivity index is 1.86. The van der Waals surface area contributed by atoms with Gasteiger partial charge in [0.25, 0.3) is 0 Å². The third kappa shape index (κ3) is 6.02. The molecule has 0 aliphatic heterocycles. The summed E-state index contributed by atoms with van der Waals surface area (Å²) in [7, 11) is 1.37. The highest BCUT2D eigenvalue weighted by atomic mass is 16.5. The van der Waals surface area contributed by atoms with Crippen LogP contribution in [0, 0.1) is 0 Å². The van der Waals surface area contributed by atoms with Gasteiger partial charge in [0.2, 0.25) is 0 Å². The van der Waals surface area contributed by atoms with Crippen LogP contribution in [-0.2, 0) is 9.53 Å². The lowest BCUT2D eigenvalue weighted by Crippen LogP contribution is -2.35. The van der Waals surface area contributed by atoms with E-state index in [1.165, 1.54) is 7.11 Å². The molecule has 0 spiro atoms. The lowest BCUT2D eigenvalue weighted by atomic mass is 10.0. The van der Waals surface area contributed by atoms with Crippen molar-refractivity contribution in [3.8, 4) is 5.75 Å². The maximum absolute atomic E-state index is 11.6. The van der Waals surface area contributed by atoms with Gasteiger partial charge in [-0.05, 0) is 17.7 Å². The normalized spacial score (nSPS) is 13.1. The van der Waals surface area contributed by atoms with Crippen LogP contribution < -0.4 is 10.1 Å². The van der Waals surface area contributed by atoms with Gasteiger partial charge in [0.15, 0.2) is 0 Å². The van der Waals surface area contributed by atoms with E-state index in [4.69, 9.17) is 9.47 Å². The summed E-state index contributed by atoms with van der Waals surface area (Å²) in [4.78, 5) is 11.6. The maximum Gasteiger partial charge on any atom is 0.307 e. The van der Waals surface area contributed by atoms with Gasteiger partial charge in [0.1, 0.15) is 18.5 Å². The summed E-state index contributed by atoms with van der Waals surface area (Å²) in [6.07, 6.45) is -0.485. The van der Waals surface area contributed by atoms with Crippen LogP contribution in [0.5, 0.6) is 5.75 Å². The number of carbonyl (C=O) groups is 1. The highest BCUT2D eigenvalue weighted by Crippen LogP contribution is 2.17. The molecule has 2 aromatic carbocycles. The molecule has 2 N–H and O–H groups in total. The van der Waals surface area contributed by atoms with E-state index < -0.39 is 6.10 Å². The van der Waals surface area contributed by atoms with Crippen molar-refractivity contribution in [1.82, 2.24) is 5.32 Å². The summed E-state index contributed by atoms with van der Waals surface area (Å²) >= 11 is 0. The summed E-state index contributed by atoms with van der Waals surface area (Å²) in [5.41, 5.74) is 0.971. The minimum absolute atomic E-state index is 0.177. The Morgan fingerprint density at radius 2 is 1.71 bits per heavy atom. The van der Waals surface area contributed by atoms with Crippen molar-refractivity contribution in [3.05, 3.63) is 66.2 Å². The van der Waals surface area contributed by atoms with Gasteiger partial charge < -0.3 is 19.9 Å². The van der Waals surface area contributed by atoms with Crippen LogP contribution in [0.15, 0.2) is 60.7 Å². The maximum atomic E-state index is 11.6. The standard InChI is InChI=1S/C19H23NO4/c1-23-19(22)12-18(15-8-4-2-5-9-15)20-13-16(21)14-24-17-10-6-3-7-11-17/h2-11,16,18,20-21H,12-14H2,1H3/t16-,18-/m0/s1. The van der Waals surface area contributed by atoms with Crippen molar-refractivity contribution < 1.29 is 19.4 Å². The quantitative estimate of drug-likeness (QED) is 0.691. The Morgan fingerprint density at radius 3 is 2.33 bits per heavy atom. The van der Waals surface area contributed by atoms with Gasteiger partial charge in [-0.1, -0.05) is 48.5 Å². The molecule has 0 bridgehead atoms. The molecule has 2 rings (SSSR count). The third-order valence-electron chi connectivity index (χ3n) is 3.59. The van der Waals surface area contributed by atoms with Gasteiger partial charge >= 0.3 is 5.97 Å². The predicted octanol–water partition coefficient (Wildman–Crippen LogP) is 2.32. The molecule has 0 heterocycles. The zero-order chi connectivity index (χ0) is 17.2. The highest BCUT2D eigenvalue weighted by molar-refractivity contribution is 5.70. The molecule has 128 valence electrons. The second-order valence-corrected chi connectivity index (χ2v) is 5.43. The van der Waals surface area contributed by atoms with Crippen LogP contribution in [0.1, 0.15) is 18.0 Å². The van der Waals surface area contributed by atoms with Crippen LogP contribution in [0.4, 0.5) is 0 Å². The Labute approximate surface area is 142 Å². The lowest BCUT2D eigenvalue weighted by Gasteiger charge is -2.20. The number of aliphatic hydroxyl groups excluding tert-OH is 1. The number of hydrogen-bond acceptors (Lipinski definition) is 5. The van der Waals surface area contributed by atoms with Gasteiger partial charge in [-0.3, -0.25) is 4.79 Å². The molecule has 0 saturated carbocycles. The molecule has 5 heteroatoms. The van der Waals surface area contributed by atoms with Gasteiger partial charge in [-0.2, -0.15) is 0 Å². The van der Waals surface area contributed by atoms with E-state index in [1.54, 1.807) is 0 Å². The molecular formula is C19H23NO4. The molecular weight excluding hydrogens is 306 g/mol. The fraction of sp³-hybridized carbons (Fsp3) is 0.316. The van der Waals surface area contributed by atoms with Crippen LogP contribution in [0.2, 0.25) is 0 Å². The van der Waals surface area contributed by atoms with Crippen molar-refractivity contribution in [1.29, 1.82) is 0 Å². The number of aliphatic hydroxyl groups is 1. The highest BCUT2D eigenvalue weighted by Gasteiger charge is 2.17. The molecule has 2 aromatic rings. The topological polar surface area (TPSA) is 67.8 Å². The number of methoxy groups -OCH3 is 1. The van der Waals surface area contributed by atoms with Crippen molar-refractivity contribution in [2.24, 2.45) is 0 Å². The van der Waals surface area contributed by atoms with E-state index in [1.807, 2.05) is 60.7 Å². The first-order valence-corrected chi connectivity index (χ1v) is 7.90. The van der Waals surface area contributed by atoms with Crippen LogP contribution in [0.25, 0.3) is 0 Å². The third-order valence-corrected chi connectivity index (χ3v) is 3.59. The first-order chi connectivity index (χ1) is 11.7. The average Bonchev–Trinajstić information content (AvgIpc) is 2.64. The number of para-hydroxylation sites is 1. The second-order valence-electron chi connectivity index (χ2n) is 5.43. The van der Waals surface area contributed by atoms with Crippen molar-refractivity contribution in [2.75, 3.05) is 20.3 Å². The fourth-order valence-electron chi connectivity index (χ4n) is 2.29. The van der Waals surface area contributed by atoms with Gasteiger partial charge in [-0.25, -0.2) is 0 Å². The molecule has 0 saturated heterocycles. The minimum atomic E-state index is -0.686. The first-order valence-electron chi connectivity index (χ1n) is 7.90. The largest absolute Gasteiger partial charge is 0.491 e. The molecule has 5 nitrogen and oxygen atoms in total. The summed E-state index contributed by atoms with van der Waals surface area (Å²) in [6, 6.07) is 18.7. The molecule has 0 unspecified atom stereocenters. The monoisotopic (exact) mass is 329 g/mol. The molecule has 0 fully saturated rings. The van der Waals surface area contributed by atoms with Crippen molar-refractivity contribution >= 4 is 5.97 Å². The van der Waals surface area contributed by atoms with Crippen molar-refractivity contribution in [2.45, 2.75) is 18.6 Å². The molecule has 0 aliphatic carbocycles. The summed E-state index contributed by atoms with van der Waals surface area (Å²) in [5.74, 6) is 0.414. The number of carbonyl (C=O) groups excluding carboxylic acids is 1.